The van der Waals surface area contributed by atoms with Crippen molar-refractivity contribution in [3.05, 3.63) is 35.1 Å². The van der Waals surface area contributed by atoms with Crippen LogP contribution in [0.2, 0.25) is 5.02 Å². The maximum absolute atomic E-state index is 11.1. The molecule has 0 bridgehead atoms. The Kier molecular flexibility index (Phi) is 7.37. The average molecular weight is 411 g/mol. The number of hydrogen-bond donors (Lipinski definition) is 1. The minimum Gasteiger partial charge on any atom is -0.493 e. The molecule has 7 nitrogen and oxygen atoms in total. The molecule has 0 aliphatic carbocycles. The van der Waals surface area contributed by atoms with Gasteiger partial charge >= 0.3 is 0 Å². The molecule has 1 atom stereocenters. The maximum Gasteiger partial charge on any atom is 0.217 e. The van der Waals surface area contributed by atoms with Gasteiger partial charge in [0.1, 0.15) is 11.6 Å². The fourth-order valence-electron chi connectivity index (χ4n) is 2.84. The first kappa shape index (κ1) is 20.0. The Hall–Kier alpha value is -1.77. The molecular weight excluding hydrogens is 388 g/mol. The number of carbonyl (C=O) groups is 1. The molecule has 27 heavy (non-hydrogen) atoms. The lowest BCUT2D eigenvalue weighted by molar-refractivity contribution is -0.118. The van der Waals surface area contributed by atoms with Crippen LogP contribution >= 0.6 is 23.4 Å². The number of carbonyl (C=O) groups excluding carboxylic acids is 1. The first-order valence-corrected chi connectivity index (χ1v) is 10.3. The van der Waals surface area contributed by atoms with Crippen LogP contribution in [0.25, 0.3) is 0 Å². The molecule has 2 aromatic rings. The highest BCUT2D eigenvalue weighted by molar-refractivity contribution is 7.99. The van der Waals surface area contributed by atoms with Crippen molar-refractivity contribution in [1.82, 2.24) is 14.8 Å². The summed E-state index contributed by atoms with van der Waals surface area (Å²) in [6.07, 6.45) is 3.00. The highest BCUT2D eigenvalue weighted by Crippen LogP contribution is 2.22. The van der Waals surface area contributed by atoms with E-state index < -0.39 is 0 Å². The van der Waals surface area contributed by atoms with E-state index in [1.165, 1.54) is 0 Å². The molecule has 0 saturated carbocycles. The topological polar surface area (TPSA) is 92.3 Å². The van der Waals surface area contributed by atoms with Crippen LogP contribution in [0.15, 0.2) is 29.4 Å². The summed E-state index contributed by atoms with van der Waals surface area (Å²) in [5, 5.41) is 10.0. The van der Waals surface area contributed by atoms with Crippen molar-refractivity contribution in [2.24, 2.45) is 5.73 Å². The Morgan fingerprint density at radius 2 is 2.19 bits per heavy atom. The third kappa shape index (κ3) is 6.12. The fraction of sp³-hybridized carbons (Fsp3) is 0.500. The first-order chi connectivity index (χ1) is 13.1. The zero-order valence-electron chi connectivity index (χ0n) is 15.0. The number of amides is 1. The van der Waals surface area contributed by atoms with Crippen molar-refractivity contribution in [1.29, 1.82) is 0 Å². The number of aryl methyl sites for hydroxylation is 1. The van der Waals surface area contributed by atoms with Crippen LogP contribution in [-0.4, -0.2) is 45.7 Å². The van der Waals surface area contributed by atoms with Gasteiger partial charge in [0.25, 0.3) is 0 Å². The zero-order valence-corrected chi connectivity index (χ0v) is 16.5. The molecular formula is C18H23ClN4O3S. The number of primary amides is 1. The molecule has 2 heterocycles. The number of nitrogens with zero attached hydrogens (tertiary/aromatic N) is 3. The van der Waals surface area contributed by atoms with E-state index in [1.54, 1.807) is 23.9 Å². The van der Waals surface area contributed by atoms with Gasteiger partial charge < -0.3 is 19.8 Å². The standard InChI is InChI=1S/C18H23ClN4O3S/c19-13-3-5-14(6-4-13)26-10-11-27-18-22-21-17(8-7-16(20)24)23(18)12-15-2-1-9-25-15/h3-6,15H,1-2,7-12H2,(H2,20,24). The highest BCUT2D eigenvalue weighted by Gasteiger charge is 2.21. The second-order valence-electron chi connectivity index (χ2n) is 6.26. The molecule has 1 aromatic carbocycles. The lowest BCUT2D eigenvalue weighted by Gasteiger charge is -2.14. The fourth-order valence-corrected chi connectivity index (χ4v) is 3.75. The van der Waals surface area contributed by atoms with E-state index in [-0.39, 0.29) is 18.4 Å². The van der Waals surface area contributed by atoms with Gasteiger partial charge in [0.2, 0.25) is 5.91 Å². The minimum absolute atomic E-state index is 0.165. The molecule has 1 amide bonds. The van der Waals surface area contributed by atoms with Gasteiger partial charge in [-0.25, -0.2) is 0 Å². The van der Waals surface area contributed by atoms with Crippen molar-refractivity contribution < 1.29 is 14.3 Å². The molecule has 1 aliphatic heterocycles. The first-order valence-electron chi connectivity index (χ1n) is 8.95. The lowest BCUT2D eigenvalue weighted by atomic mass is 10.2. The number of nitrogens with two attached hydrogens (primary N) is 1. The lowest BCUT2D eigenvalue weighted by Crippen LogP contribution is -2.19. The third-order valence-electron chi connectivity index (χ3n) is 4.20. The van der Waals surface area contributed by atoms with E-state index in [1.807, 2.05) is 16.7 Å². The van der Waals surface area contributed by atoms with Crippen LogP contribution in [0.4, 0.5) is 0 Å². The van der Waals surface area contributed by atoms with E-state index in [2.05, 4.69) is 10.2 Å². The predicted octanol–water partition coefficient (Wildman–Crippen LogP) is 2.70. The summed E-state index contributed by atoms with van der Waals surface area (Å²) in [4.78, 5) is 11.1. The molecule has 2 N–H and O–H groups in total. The van der Waals surface area contributed by atoms with Crippen molar-refractivity contribution in [3.63, 3.8) is 0 Å². The van der Waals surface area contributed by atoms with Crippen LogP contribution < -0.4 is 10.5 Å². The van der Waals surface area contributed by atoms with Crippen molar-refractivity contribution in [2.45, 2.75) is 43.5 Å². The third-order valence-corrected chi connectivity index (χ3v) is 5.38. The molecule has 9 heteroatoms. The number of rotatable bonds is 10. The Balaban J connectivity index is 1.57. The summed E-state index contributed by atoms with van der Waals surface area (Å²) in [6.45, 7) is 2.03. The van der Waals surface area contributed by atoms with E-state index >= 15 is 0 Å². The Morgan fingerprint density at radius 3 is 2.89 bits per heavy atom. The van der Waals surface area contributed by atoms with Gasteiger partial charge in [-0.05, 0) is 37.1 Å². The van der Waals surface area contributed by atoms with Gasteiger partial charge in [-0.3, -0.25) is 4.79 Å². The van der Waals surface area contributed by atoms with E-state index in [4.69, 9.17) is 26.8 Å². The van der Waals surface area contributed by atoms with Gasteiger partial charge in [-0.15, -0.1) is 10.2 Å². The molecule has 1 fully saturated rings. The second kappa shape index (κ2) is 9.96. The number of benzene rings is 1. The SMILES string of the molecule is NC(=O)CCc1nnc(SCCOc2ccc(Cl)cc2)n1CC1CCCO1. The normalized spacial score (nSPS) is 16.6. The number of ether oxygens (including phenoxy) is 2. The highest BCUT2D eigenvalue weighted by atomic mass is 35.5. The van der Waals surface area contributed by atoms with E-state index in [0.29, 0.717) is 24.6 Å². The Labute approximate surface area is 167 Å². The smallest absolute Gasteiger partial charge is 0.217 e. The van der Waals surface area contributed by atoms with E-state index in [9.17, 15) is 4.79 Å². The monoisotopic (exact) mass is 410 g/mol. The van der Waals surface area contributed by atoms with Gasteiger partial charge in [0, 0.05) is 30.2 Å². The summed E-state index contributed by atoms with van der Waals surface area (Å²) in [5.74, 6) is 1.93. The van der Waals surface area contributed by atoms with Gasteiger partial charge in [-0.2, -0.15) is 0 Å². The molecule has 1 aromatic heterocycles. The summed E-state index contributed by atoms with van der Waals surface area (Å²) < 4.78 is 13.5. The van der Waals surface area contributed by atoms with Crippen LogP contribution in [0.3, 0.4) is 0 Å². The average Bonchev–Trinajstić information content (AvgIpc) is 3.29. The van der Waals surface area contributed by atoms with Crippen molar-refractivity contribution >= 4 is 29.3 Å². The molecule has 146 valence electrons. The number of thioether (sulfide) groups is 1. The molecule has 1 saturated heterocycles. The van der Waals surface area contributed by atoms with Crippen LogP contribution in [0.5, 0.6) is 5.75 Å². The predicted molar refractivity (Wildman–Crippen MR) is 104 cm³/mol. The molecule has 3 rings (SSSR count). The van der Waals surface area contributed by atoms with Crippen molar-refractivity contribution in [3.8, 4) is 5.75 Å². The molecule has 1 unspecified atom stereocenters. The molecule has 0 radical (unpaired) electrons. The number of hydrogen-bond acceptors (Lipinski definition) is 6. The summed E-state index contributed by atoms with van der Waals surface area (Å²) in [7, 11) is 0. The van der Waals surface area contributed by atoms with E-state index in [0.717, 1.165) is 41.9 Å². The number of halogens is 1. The van der Waals surface area contributed by atoms with Crippen molar-refractivity contribution in [2.75, 3.05) is 19.0 Å². The second-order valence-corrected chi connectivity index (χ2v) is 7.76. The molecule has 1 aliphatic rings. The van der Waals surface area contributed by atoms with Crippen LogP contribution in [-0.2, 0) is 22.5 Å². The maximum atomic E-state index is 11.1. The minimum atomic E-state index is -0.341. The van der Waals surface area contributed by atoms with Gasteiger partial charge in [0.05, 0.1) is 19.3 Å². The largest absolute Gasteiger partial charge is 0.493 e. The number of aromatic nitrogens is 3. The quantitative estimate of drug-likeness (QED) is 0.478. The van der Waals surface area contributed by atoms with Gasteiger partial charge in [-0.1, -0.05) is 23.4 Å². The Morgan fingerprint density at radius 1 is 1.37 bits per heavy atom. The summed E-state index contributed by atoms with van der Waals surface area (Å²) >= 11 is 7.45. The van der Waals surface area contributed by atoms with Crippen LogP contribution in [0.1, 0.15) is 25.1 Å². The zero-order chi connectivity index (χ0) is 19.1. The summed E-state index contributed by atoms with van der Waals surface area (Å²) in [5.41, 5.74) is 5.27. The van der Waals surface area contributed by atoms with Crippen LogP contribution in [0, 0.1) is 0 Å². The Bertz CT molecular complexity index is 748. The summed E-state index contributed by atoms with van der Waals surface area (Å²) in [6, 6.07) is 7.28. The molecule has 0 spiro atoms. The van der Waals surface area contributed by atoms with Gasteiger partial charge in [0.15, 0.2) is 5.16 Å².